The maximum Gasteiger partial charge on any atom is 0.446 e. The summed E-state index contributed by atoms with van der Waals surface area (Å²) in [6.45, 7) is 0. The minimum atomic E-state index is -4.38. The van der Waals surface area contributed by atoms with Gasteiger partial charge in [0.2, 0.25) is 0 Å². The number of rotatable bonds is 4. The monoisotopic (exact) mass is 323 g/mol. The van der Waals surface area contributed by atoms with Crippen LogP contribution in [-0.2, 0) is 10.0 Å². The van der Waals surface area contributed by atoms with Crippen LogP contribution in [0.1, 0.15) is 0 Å². The summed E-state index contributed by atoms with van der Waals surface area (Å²) in [5.74, 6) is 0. The van der Waals surface area contributed by atoms with Gasteiger partial charge in [-0.25, -0.2) is 8.42 Å². The van der Waals surface area contributed by atoms with E-state index in [0.717, 1.165) is 6.20 Å². The number of halogens is 3. The number of hydrogen-bond acceptors (Lipinski definition) is 4. The lowest BCUT2D eigenvalue weighted by Gasteiger charge is -2.08. The summed E-state index contributed by atoms with van der Waals surface area (Å²) in [5, 5.41) is 5.87. The minimum Gasteiger partial charge on any atom is -0.284 e. The van der Waals surface area contributed by atoms with Gasteiger partial charge in [0.25, 0.3) is 10.0 Å². The molecular weight excluding hydrogens is 315 g/mol. The molecule has 0 aliphatic rings. The van der Waals surface area contributed by atoms with Crippen molar-refractivity contribution in [3.63, 3.8) is 0 Å². The third-order valence-electron chi connectivity index (χ3n) is 2.12. The second-order valence-electron chi connectivity index (χ2n) is 3.61. The van der Waals surface area contributed by atoms with Crippen molar-refractivity contribution in [2.75, 3.05) is 4.72 Å². The van der Waals surface area contributed by atoms with Crippen LogP contribution in [0.2, 0.25) is 0 Å². The van der Waals surface area contributed by atoms with Gasteiger partial charge in [0.05, 0.1) is 6.20 Å². The zero-order chi connectivity index (χ0) is 14.8. The smallest absolute Gasteiger partial charge is 0.284 e. The van der Waals surface area contributed by atoms with Crippen LogP contribution in [0.25, 0.3) is 0 Å². The van der Waals surface area contributed by atoms with Crippen molar-refractivity contribution in [3.8, 4) is 0 Å². The second-order valence-corrected chi connectivity index (χ2v) is 6.43. The first-order chi connectivity index (χ1) is 9.26. The van der Waals surface area contributed by atoms with E-state index in [2.05, 4.69) is 14.9 Å². The summed E-state index contributed by atoms with van der Waals surface area (Å²) < 4.78 is 62.3. The lowest BCUT2D eigenvalue weighted by molar-refractivity contribution is -0.0328. The number of nitrogens with one attached hydrogen (secondary N) is 2. The van der Waals surface area contributed by atoms with Gasteiger partial charge < -0.3 is 0 Å². The van der Waals surface area contributed by atoms with Crippen LogP contribution in [0, 0.1) is 0 Å². The molecular formula is C10H8F3N3O2S2. The van der Waals surface area contributed by atoms with Gasteiger partial charge in [-0.1, -0.05) is 0 Å². The van der Waals surface area contributed by atoms with E-state index in [1.54, 1.807) is 0 Å². The van der Waals surface area contributed by atoms with E-state index < -0.39 is 15.5 Å². The molecule has 0 bridgehead atoms. The number of aromatic amines is 1. The molecule has 0 aliphatic carbocycles. The van der Waals surface area contributed by atoms with Crippen LogP contribution < -0.4 is 4.72 Å². The molecule has 10 heteroatoms. The molecule has 0 saturated carbocycles. The Kier molecular flexibility index (Phi) is 3.95. The zero-order valence-electron chi connectivity index (χ0n) is 9.68. The largest absolute Gasteiger partial charge is 0.446 e. The molecule has 1 aromatic carbocycles. The summed E-state index contributed by atoms with van der Waals surface area (Å²) in [4.78, 5) is -0.0880. The molecule has 1 aromatic heterocycles. The highest BCUT2D eigenvalue weighted by Gasteiger charge is 2.29. The number of anilines is 1. The first-order valence-corrected chi connectivity index (χ1v) is 7.44. The predicted molar refractivity (Wildman–Crippen MR) is 67.8 cm³/mol. The van der Waals surface area contributed by atoms with Crippen molar-refractivity contribution in [3.05, 3.63) is 36.7 Å². The number of sulfonamides is 1. The first-order valence-electron chi connectivity index (χ1n) is 5.14. The Morgan fingerprint density at radius 3 is 2.35 bits per heavy atom. The molecule has 2 rings (SSSR count). The summed E-state index contributed by atoms with van der Waals surface area (Å²) in [5.41, 5.74) is -4.21. The molecule has 2 N–H and O–H groups in total. The van der Waals surface area contributed by atoms with Gasteiger partial charge >= 0.3 is 5.51 Å². The second kappa shape index (κ2) is 5.37. The van der Waals surface area contributed by atoms with E-state index in [-0.39, 0.29) is 27.2 Å². The average Bonchev–Trinajstić information content (AvgIpc) is 2.84. The highest BCUT2D eigenvalue weighted by molar-refractivity contribution is 8.00. The molecule has 0 atom stereocenters. The Morgan fingerprint density at radius 2 is 1.85 bits per heavy atom. The third-order valence-corrected chi connectivity index (χ3v) is 4.21. The molecule has 108 valence electrons. The molecule has 0 amide bonds. The van der Waals surface area contributed by atoms with Crippen molar-refractivity contribution in [1.29, 1.82) is 0 Å². The minimum absolute atomic E-state index is 0.0243. The van der Waals surface area contributed by atoms with Gasteiger partial charge in [-0.2, -0.15) is 18.3 Å². The molecule has 0 fully saturated rings. The Morgan fingerprint density at radius 1 is 1.20 bits per heavy atom. The Balaban J connectivity index is 2.12. The molecule has 0 unspecified atom stereocenters. The van der Waals surface area contributed by atoms with E-state index in [1.165, 1.54) is 30.5 Å². The number of thioether (sulfide) groups is 1. The maximum atomic E-state index is 12.1. The number of aromatic nitrogens is 2. The fourth-order valence-electron chi connectivity index (χ4n) is 1.32. The summed E-state index contributed by atoms with van der Waals surface area (Å²) in [6.07, 6.45) is 2.31. The van der Waals surface area contributed by atoms with Crippen LogP contribution >= 0.6 is 11.8 Å². The lowest BCUT2D eigenvalue weighted by atomic mass is 10.3. The van der Waals surface area contributed by atoms with E-state index >= 15 is 0 Å². The van der Waals surface area contributed by atoms with Gasteiger partial charge in [0.15, 0.2) is 0 Å². The molecule has 5 nitrogen and oxygen atoms in total. The molecule has 0 spiro atoms. The van der Waals surface area contributed by atoms with Crippen LogP contribution in [0.4, 0.5) is 18.9 Å². The molecule has 0 aliphatic heterocycles. The number of alkyl halides is 3. The fraction of sp³-hybridized carbons (Fsp3) is 0.100. The highest BCUT2D eigenvalue weighted by atomic mass is 32.2. The maximum absolute atomic E-state index is 12.1. The van der Waals surface area contributed by atoms with Crippen LogP contribution in [0.5, 0.6) is 0 Å². The molecule has 20 heavy (non-hydrogen) atoms. The Hall–Kier alpha value is -1.68. The number of benzene rings is 1. The van der Waals surface area contributed by atoms with E-state index in [0.29, 0.717) is 0 Å². The summed E-state index contributed by atoms with van der Waals surface area (Å²) in [7, 11) is -3.79. The van der Waals surface area contributed by atoms with Gasteiger partial charge in [0.1, 0.15) is 4.90 Å². The van der Waals surface area contributed by atoms with E-state index in [9.17, 15) is 21.6 Å². The number of nitrogens with zero attached hydrogens (tertiary/aromatic N) is 1. The predicted octanol–water partition coefficient (Wildman–Crippen LogP) is 2.82. The quantitative estimate of drug-likeness (QED) is 0.849. The molecule has 1 heterocycles. The van der Waals surface area contributed by atoms with Gasteiger partial charge in [0, 0.05) is 16.8 Å². The Bertz CT molecular complexity index is 667. The number of hydrogen-bond donors (Lipinski definition) is 2. The average molecular weight is 323 g/mol. The van der Waals surface area contributed by atoms with Crippen LogP contribution in [-0.4, -0.2) is 24.1 Å². The van der Waals surface area contributed by atoms with Crippen LogP contribution in [0.3, 0.4) is 0 Å². The van der Waals surface area contributed by atoms with Crippen molar-refractivity contribution < 1.29 is 21.6 Å². The van der Waals surface area contributed by atoms with Gasteiger partial charge in [-0.05, 0) is 36.0 Å². The molecule has 2 aromatic rings. The Labute approximate surface area is 116 Å². The fourth-order valence-corrected chi connectivity index (χ4v) is 2.83. The van der Waals surface area contributed by atoms with E-state index in [1.807, 2.05) is 0 Å². The first kappa shape index (κ1) is 14.7. The highest BCUT2D eigenvalue weighted by Crippen LogP contribution is 2.37. The SMILES string of the molecule is O=S(=O)(Nc1ccc(SC(F)(F)F)cc1)c1cn[nH]c1. The summed E-state index contributed by atoms with van der Waals surface area (Å²) in [6, 6.07) is 4.88. The van der Waals surface area contributed by atoms with Crippen molar-refractivity contribution in [2.45, 2.75) is 15.3 Å². The topological polar surface area (TPSA) is 74.8 Å². The number of H-pyrrole nitrogens is 1. The van der Waals surface area contributed by atoms with Crippen molar-refractivity contribution >= 4 is 27.5 Å². The standard InChI is InChI=1S/C10H8F3N3O2S2/c11-10(12,13)19-8-3-1-7(2-4-8)16-20(17,18)9-5-14-15-6-9/h1-6,16H,(H,14,15). The van der Waals surface area contributed by atoms with E-state index in [4.69, 9.17) is 0 Å². The van der Waals surface area contributed by atoms with Crippen molar-refractivity contribution in [1.82, 2.24) is 10.2 Å². The molecule has 0 radical (unpaired) electrons. The normalized spacial score (nSPS) is 12.3. The van der Waals surface area contributed by atoms with Crippen molar-refractivity contribution in [2.24, 2.45) is 0 Å². The zero-order valence-corrected chi connectivity index (χ0v) is 11.3. The summed E-state index contributed by atoms with van der Waals surface area (Å²) >= 11 is -0.267. The van der Waals surface area contributed by atoms with Gasteiger partial charge in [-0.3, -0.25) is 9.82 Å². The van der Waals surface area contributed by atoms with Crippen LogP contribution in [0.15, 0.2) is 46.5 Å². The van der Waals surface area contributed by atoms with Gasteiger partial charge in [-0.15, -0.1) is 0 Å². The lowest BCUT2D eigenvalue weighted by Crippen LogP contribution is -2.12. The molecule has 0 saturated heterocycles. The third kappa shape index (κ3) is 3.90.